The summed E-state index contributed by atoms with van der Waals surface area (Å²) in [6, 6.07) is 8.88. The fourth-order valence-corrected chi connectivity index (χ4v) is 3.45. The van der Waals surface area contributed by atoms with E-state index in [1.165, 1.54) is 24.2 Å². The van der Waals surface area contributed by atoms with E-state index in [9.17, 15) is 0 Å². The second-order valence-electron chi connectivity index (χ2n) is 4.52. The second-order valence-corrected chi connectivity index (χ2v) is 6.00. The first-order chi connectivity index (χ1) is 8.31. The van der Waals surface area contributed by atoms with Gasteiger partial charge in [-0.05, 0) is 24.7 Å². The van der Waals surface area contributed by atoms with Gasteiger partial charge in [-0.25, -0.2) is 0 Å². The van der Waals surface area contributed by atoms with Gasteiger partial charge in [0, 0.05) is 23.4 Å². The van der Waals surface area contributed by atoms with E-state index in [1.807, 2.05) is 12.1 Å². The third-order valence-corrected chi connectivity index (χ3v) is 4.73. The van der Waals surface area contributed by atoms with Crippen molar-refractivity contribution in [3.8, 4) is 5.75 Å². The van der Waals surface area contributed by atoms with E-state index in [2.05, 4.69) is 36.1 Å². The molecule has 0 saturated carbocycles. The minimum atomic E-state index is 0.638. The molecule has 2 nitrogen and oxygen atoms in total. The van der Waals surface area contributed by atoms with Gasteiger partial charge in [0.2, 0.25) is 0 Å². The molecule has 2 atom stereocenters. The fraction of sp³-hybridized carbons (Fsp3) is 0.571. The molecule has 0 radical (unpaired) electrons. The van der Waals surface area contributed by atoms with E-state index < -0.39 is 0 Å². The number of hydrogen-bond donors (Lipinski definition) is 1. The second kappa shape index (κ2) is 6.31. The molecule has 94 valence electrons. The Bertz CT molecular complexity index is 356. The summed E-state index contributed by atoms with van der Waals surface area (Å²) >= 11 is 2.08. The lowest BCUT2D eigenvalue weighted by molar-refractivity contribution is 0.401. The van der Waals surface area contributed by atoms with Gasteiger partial charge in [-0.15, -0.1) is 0 Å². The maximum absolute atomic E-state index is 5.37. The van der Waals surface area contributed by atoms with Crippen LogP contribution in [0.2, 0.25) is 0 Å². The highest BCUT2D eigenvalue weighted by Gasteiger charge is 2.21. The Kier molecular flexibility index (Phi) is 4.75. The highest BCUT2D eigenvalue weighted by atomic mass is 32.2. The van der Waals surface area contributed by atoms with Crippen LogP contribution in [0.3, 0.4) is 0 Å². The van der Waals surface area contributed by atoms with Crippen LogP contribution in [0.15, 0.2) is 24.3 Å². The highest BCUT2D eigenvalue weighted by molar-refractivity contribution is 7.99. The van der Waals surface area contributed by atoms with E-state index in [0.29, 0.717) is 6.04 Å². The zero-order valence-electron chi connectivity index (χ0n) is 10.6. The molecular weight excluding hydrogens is 230 g/mol. The van der Waals surface area contributed by atoms with Crippen LogP contribution >= 0.6 is 11.8 Å². The lowest BCUT2D eigenvalue weighted by Gasteiger charge is -2.29. The van der Waals surface area contributed by atoms with Crippen LogP contribution in [-0.4, -0.2) is 24.2 Å². The molecule has 2 rings (SSSR count). The predicted octanol–water partition coefficient (Wildman–Crippen LogP) is 3.07. The summed E-state index contributed by atoms with van der Waals surface area (Å²) in [6.45, 7) is 3.23. The van der Waals surface area contributed by atoms with Crippen molar-refractivity contribution in [2.45, 2.75) is 37.6 Å². The summed E-state index contributed by atoms with van der Waals surface area (Å²) in [5.41, 5.74) is 1.25. The Morgan fingerprint density at radius 2 is 2.24 bits per heavy atom. The normalized spacial score (nSPS) is 24.6. The molecule has 0 bridgehead atoms. The fourth-order valence-electron chi connectivity index (χ4n) is 2.28. The summed E-state index contributed by atoms with van der Waals surface area (Å²) < 4.78 is 5.37. The van der Waals surface area contributed by atoms with E-state index in [0.717, 1.165) is 17.5 Å². The van der Waals surface area contributed by atoms with Gasteiger partial charge in [-0.2, -0.15) is 11.8 Å². The number of ether oxygens (including phenoxy) is 1. The molecule has 1 fully saturated rings. The molecule has 3 heteroatoms. The van der Waals surface area contributed by atoms with Gasteiger partial charge in [0.25, 0.3) is 0 Å². The van der Waals surface area contributed by atoms with Gasteiger partial charge in [0.15, 0.2) is 0 Å². The van der Waals surface area contributed by atoms with E-state index in [-0.39, 0.29) is 0 Å². The molecule has 1 aromatic rings. The predicted molar refractivity (Wildman–Crippen MR) is 74.8 cm³/mol. The van der Waals surface area contributed by atoms with Crippen LogP contribution in [0.5, 0.6) is 5.75 Å². The summed E-state index contributed by atoms with van der Waals surface area (Å²) in [5.74, 6) is 2.30. The molecule has 1 aliphatic rings. The Hall–Kier alpha value is -0.670. The van der Waals surface area contributed by atoms with E-state index >= 15 is 0 Å². The molecule has 1 aliphatic heterocycles. The topological polar surface area (TPSA) is 21.3 Å². The number of benzene rings is 1. The first-order valence-electron chi connectivity index (χ1n) is 6.28. The molecule has 1 aromatic carbocycles. The number of nitrogens with one attached hydrogen (secondary N) is 1. The van der Waals surface area contributed by atoms with E-state index in [1.54, 1.807) is 7.11 Å². The number of methoxy groups -OCH3 is 1. The maximum atomic E-state index is 5.37. The van der Waals surface area contributed by atoms with Crippen LogP contribution in [0, 0.1) is 0 Å². The quantitative estimate of drug-likeness (QED) is 0.888. The highest BCUT2D eigenvalue weighted by Crippen LogP contribution is 2.26. The number of hydrogen-bond acceptors (Lipinski definition) is 3. The van der Waals surface area contributed by atoms with Crippen LogP contribution in [0.1, 0.15) is 25.3 Å². The SMILES string of the molecule is COc1ccccc1CNC1CCCSC1C. The van der Waals surface area contributed by atoms with Crippen molar-refractivity contribution in [3.63, 3.8) is 0 Å². The molecule has 0 aliphatic carbocycles. The Morgan fingerprint density at radius 3 is 3.00 bits per heavy atom. The molecule has 0 amide bonds. The lowest BCUT2D eigenvalue weighted by atomic mass is 10.1. The Morgan fingerprint density at radius 1 is 1.41 bits per heavy atom. The monoisotopic (exact) mass is 251 g/mol. The van der Waals surface area contributed by atoms with Crippen molar-refractivity contribution in [1.29, 1.82) is 0 Å². The smallest absolute Gasteiger partial charge is 0.123 e. The average molecular weight is 251 g/mol. The number of rotatable bonds is 4. The largest absolute Gasteiger partial charge is 0.496 e. The maximum Gasteiger partial charge on any atom is 0.123 e. The van der Waals surface area contributed by atoms with Crippen molar-refractivity contribution in [2.24, 2.45) is 0 Å². The van der Waals surface area contributed by atoms with Gasteiger partial charge >= 0.3 is 0 Å². The van der Waals surface area contributed by atoms with Gasteiger partial charge in [-0.1, -0.05) is 25.1 Å². The molecule has 1 N–H and O–H groups in total. The third-order valence-electron chi connectivity index (χ3n) is 3.35. The minimum absolute atomic E-state index is 0.638. The van der Waals surface area contributed by atoms with Crippen LogP contribution < -0.4 is 10.1 Å². The Balaban J connectivity index is 1.92. The summed E-state index contributed by atoms with van der Waals surface area (Å²) in [6.07, 6.45) is 2.63. The van der Waals surface area contributed by atoms with Gasteiger partial charge < -0.3 is 10.1 Å². The number of thioether (sulfide) groups is 1. The first kappa shape index (κ1) is 12.8. The zero-order chi connectivity index (χ0) is 12.1. The van der Waals surface area contributed by atoms with Gasteiger partial charge in [0.1, 0.15) is 5.75 Å². The van der Waals surface area contributed by atoms with Crippen LogP contribution in [-0.2, 0) is 6.54 Å². The first-order valence-corrected chi connectivity index (χ1v) is 7.33. The average Bonchev–Trinajstić information content (AvgIpc) is 2.38. The van der Waals surface area contributed by atoms with Crippen LogP contribution in [0.25, 0.3) is 0 Å². The molecule has 1 saturated heterocycles. The molecular formula is C14H21NOS. The van der Waals surface area contributed by atoms with Crippen molar-refractivity contribution < 1.29 is 4.74 Å². The summed E-state index contributed by atoms with van der Waals surface area (Å²) in [5, 5.41) is 4.38. The van der Waals surface area contributed by atoms with Crippen molar-refractivity contribution in [2.75, 3.05) is 12.9 Å². The zero-order valence-corrected chi connectivity index (χ0v) is 11.4. The number of para-hydroxylation sites is 1. The molecule has 1 heterocycles. The molecule has 0 aromatic heterocycles. The summed E-state index contributed by atoms with van der Waals surface area (Å²) in [7, 11) is 1.73. The third kappa shape index (κ3) is 3.39. The van der Waals surface area contributed by atoms with E-state index in [4.69, 9.17) is 4.74 Å². The summed E-state index contributed by atoms with van der Waals surface area (Å²) in [4.78, 5) is 0. The lowest BCUT2D eigenvalue weighted by Crippen LogP contribution is -2.38. The van der Waals surface area contributed by atoms with Gasteiger partial charge in [-0.3, -0.25) is 0 Å². The molecule has 17 heavy (non-hydrogen) atoms. The van der Waals surface area contributed by atoms with Crippen molar-refractivity contribution in [1.82, 2.24) is 5.32 Å². The van der Waals surface area contributed by atoms with Crippen molar-refractivity contribution in [3.05, 3.63) is 29.8 Å². The standard InChI is InChI=1S/C14H21NOS/c1-11-13(7-5-9-17-11)15-10-12-6-3-4-8-14(12)16-2/h3-4,6,8,11,13,15H,5,7,9-10H2,1-2H3. The van der Waals surface area contributed by atoms with Gasteiger partial charge in [0.05, 0.1) is 7.11 Å². The minimum Gasteiger partial charge on any atom is -0.496 e. The van der Waals surface area contributed by atoms with Crippen LogP contribution in [0.4, 0.5) is 0 Å². The van der Waals surface area contributed by atoms with Crippen molar-refractivity contribution >= 4 is 11.8 Å². The molecule has 0 spiro atoms. The molecule has 2 unspecified atom stereocenters. The Labute approximate surface area is 108 Å².